The van der Waals surface area contributed by atoms with E-state index in [0.29, 0.717) is 24.3 Å². The third kappa shape index (κ3) is 3.40. The SMILES string of the molecule is N#Cc1ccccc1NC(=O)N1CCN(c2cccc3cccnc23)CC1. The summed E-state index contributed by atoms with van der Waals surface area (Å²) >= 11 is 0. The molecule has 6 heteroatoms. The zero-order valence-electron chi connectivity index (χ0n) is 14.8. The molecule has 0 aliphatic carbocycles. The lowest BCUT2D eigenvalue weighted by molar-refractivity contribution is 0.208. The largest absolute Gasteiger partial charge is 0.366 e. The van der Waals surface area contributed by atoms with Crippen LogP contribution in [0.2, 0.25) is 0 Å². The van der Waals surface area contributed by atoms with Crippen molar-refractivity contribution in [2.75, 3.05) is 36.4 Å². The third-order valence-electron chi connectivity index (χ3n) is 4.81. The molecule has 2 amide bonds. The van der Waals surface area contributed by atoms with Gasteiger partial charge in [0.15, 0.2) is 0 Å². The Morgan fingerprint density at radius 2 is 1.78 bits per heavy atom. The maximum absolute atomic E-state index is 12.6. The fourth-order valence-electron chi connectivity index (χ4n) is 3.38. The lowest BCUT2D eigenvalue weighted by atomic mass is 10.1. The molecule has 27 heavy (non-hydrogen) atoms. The van der Waals surface area contributed by atoms with E-state index in [2.05, 4.69) is 39.5 Å². The van der Waals surface area contributed by atoms with Crippen LogP contribution in [0.5, 0.6) is 0 Å². The Balaban J connectivity index is 1.44. The van der Waals surface area contributed by atoms with E-state index < -0.39 is 0 Å². The Morgan fingerprint density at radius 1 is 1.00 bits per heavy atom. The quantitative estimate of drug-likeness (QED) is 0.762. The summed E-state index contributed by atoms with van der Waals surface area (Å²) in [5, 5.41) is 13.1. The first-order valence-corrected chi connectivity index (χ1v) is 8.90. The average molecular weight is 357 g/mol. The van der Waals surface area contributed by atoms with Crippen LogP contribution in [0.1, 0.15) is 5.56 Å². The van der Waals surface area contributed by atoms with E-state index in [9.17, 15) is 4.79 Å². The number of para-hydroxylation sites is 2. The standard InChI is InChI=1S/C21H19N5O/c22-15-17-5-1-2-8-18(17)24-21(27)26-13-11-25(12-14-26)19-9-3-6-16-7-4-10-23-20(16)19/h1-10H,11-14H2,(H,24,27). The van der Waals surface area contributed by atoms with Gasteiger partial charge in [-0.15, -0.1) is 0 Å². The molecule has 134 valence electrons. The summed E-state index contributed by atoms with van der Waals surface area (Å²) in [6.07, 6.45) is 1.81. The fraction of sp³-hybridized carbons (Fsp3) is 0.190. The second-order valence-electron chi connectivity index (χ2n) is 6.41. The summed E-state index contributed by atoms with van der Waals surface area (Å²) < 4.78 is 0. The van der Waals surface area contributed by atoms with Gasteiger partial charge in [0.05, 0.1) is 22.5 Å². The van der Waals surface area contributed by atoms with Crippen molar-refractivity contribution in [1.29, 1.82) is 5.26 Å². The molecule has 0 radical (unpaired) electrons. The number of aromatic nitrogens is 1. The monoisotopic (exact) mass is 357 g/mol. The molecule has 4 rings (SSSR count). The maximum Gasteiger partial charge on any atom is 0.322 e. The van der Waals surface area contributed by atoms with E-state index in [4.69, 9.17) is 5.26 Å². The number of hydrogen-bond donors (Lipinski definition) is 1. The van der Waals surface area contributed by atoms with Crippen LogP contribution in [0.25, 0.3) is 10.9 Å². The number of fused-ring (bicyclic) bond motifs is 1. The van der Waals surface area contributed by atoms with Gasteiger partial charge >= 0.3 is 6.03 Å². The summed E-state index contributed by atoms with van der Waals surface area (Å²) in [7, 11) is 0. The van der Waals surface area contributed by atoms with E-state index in [1.165, 1.54) is 0 Å². The lowest BCUT2D eigenvalue weighted by Gasteiger charge is -2.36. The maximum atomic E-state index is 12.6. The minimum atomic E-state index is -0.173. The molecule has 0 bridgehead atoms. The average Bonchev–Trinajstić information content (AvgIpc) is 2.74. The van der Waals surface area contributed by atoms with Crippen LogP contribution in [0.15, 0.2) is 60.8 Å². The van der Waals surface area contributed by atoms with Crippen molar-refractivity contribution >= 4 is 28.3 Å². The molecule has 1 aliphatic heterocycles. The number of rotatable bonds is 2. The molecule has 2 aromatic carbocycles. The number of benzene rings is 2. The van der Waals surface area contributed by atoms with Crippen LogP contribution in [-0.4, -0.2) is 42.1 Å². The Morgan fingerprint density at radius 3 is 2.59 bits per heavy atom. The molecule has 2 heterocycles. The molecule has 1 fully saturated rings. The molecule has 0 unspecified atom stereocenters. The van der Waals surface area contributed by atoms with Crippen LogP contribution in [0, 0.1) is 11.3 Å². The van der Waals surface area contributed by atoms with Crippen LogP contribution in [-0.2, 0) is 0 Å². The molecular formula is C21H19N5O. The van der Waals surface area contributed by atoms with Gasteiger partial charge in [-0.05, 0) is 24.3 Å². The summed E-state index contributed by atoms with van der Waals surface area (Å²) in [5.74, 6) is 0. The molecule has 3 aromatic rings. The number of nitrogens with one attached hydrogen (secondary N) is 1. The molecule has 0 spiro atoms. The number of nitriles is 1. The Bertz CT molecular complexity index is 1010. The van der Waals surface area contributed by atoms with Crippen molar-refractivity contribution in [3.63, 3.8) is 0 Å². The van der Waals surface area contributed by atoms with Crippen LogP contribution in [0.3, 0.4) is 0 Å². The van der Waals surface area contributed by atoms with Crippen molar-refractivity contribution < 1.29 is 4.79 Å². The Labute approximate surface area is 157 Å². The van der Waals surface area contributed by atoms with Crippen LogP contribution >= 0.6 is 0 Å². The van der Waals surface area contributed by atoms with Gasteiger partial charge in [-0.3, -0.25) is 4.98 Å². The Hall–Kier alpha value is -3.59. The van der Waals surface area contributed by atoms with Gasteiger partial charge in [0.2, 0.25) is 0 Å². The van der Waals surface area contributed by atoms with E-state index in [0.717, 1.165) is 29.7 Å². The number of urea groups is 1. The highest BCUT2D eigenvalue weighted by Crippen LogP contribution is 2.26. The van der Waals surface area contributed by atoms with E-state index in [1.807, 2.05) is 24.4 Å². The lowest BCUT2D eigenvalue weighted by Crippen LogP contribution is -2.50. The van der Waals surface area contributed by atoms with Crippen molar-refractivity contribution in [3.8, 4) is 6.07 Å². The normalized spacial score (nSPS) is 14.0. The molecule has 1 N–H and O–H groups in total. The highest BCUT2D eigenvalue weighted by Gasteiger charge is 2.23. The molecule has 0 atom stereocenters. The smallest absolute Gasteiger partial charge is 0.322 e. The topological polar surface area (TPSA) is 72.3 Å². The number of nitrogens with zero attached hydrogens (tertiary/aromatic N) is 4. The summed E-state index contributed by atoms with van der Waals surface area (Å²) in [6.45, 7) is 2.71. The number of pyridine rings is 1. The highest BCUT2D eigenvalue weighted by atomic mass is 16.2. The number of carbonyl (C=O) groups excluding carboxylic acids is 1. The summed E-state index contributed by atoms with van der Waals surface area (Å²) in [4.78, 5) is 21.1. The molecule has 6 nitrogen and oxygen atoms in total. The Kier molecular flexibility index (Phi) is 4.58. The second-order valence-corrected chi connectivity index (χ2v) is 6.41. The fourth-order valence-corrected chi connectivity index (χ4v) is 3.38. The zero-order valence-corrected chi connectivity index (χ0v) is 14.8. The molecule has 1 aromatic heterocycles. The molecule has 0 saturated carbocycles. The van der Waals surface area contributed by atoms with Crippen molar-refractivity contribution in [3.05, 3.63) is 66.4 Å². The second kappa shape index (κ2) is 7.34. The van der Waals surface area contributed by atoms with Crippen LogP contribution in [0.4, 0.5) is 16.2 Å². The van der Waals surface area contributed by atoms with E-state index >= 15 is 0 Å². The van der Waals surface area contributed by atoms with Crippen molar-refractivity contribution in [2.45, 2.75) is 0 Å². The number of piperazine rings is 1. The summed E-state index contributed by atoms with van der Waals surface area (Å²) in [6, 6.07) is 19.1. The predicted octanol–water partition coefficient (Wildman–Crippen LogP) is 3.46. The van der Waals surface area contributed by atoms with Crippen LogP contribution < -0.4 is 10.2 Å². The molecule has 1 aliphatic rings. The molecule has 1 saturated heterocycles. The van der Waals surface area contributed by atoms with E-state index in [1.54, 1.807) is 23.1 Å². The number of amides is 2. The van der Waals surface area contributed by atoms with Gasteiger partial charge in [0.1, 0.15) is 6.07 Å². The molecular weight excluding hydrogens is 338 g/mol. The number of carbonyl (C=O) groups is 1. The van der Waals surface area contributed by atoms with Gasteiger partial charge in [-0.25, -0.2) is 4.79 Å². The highest BCUT2D eigenvalue weighted by molar-refractivity contribution is 5.92. The van der Waals surface area contributed by atoms with Gasteiger partial charge in [0.25, 0.3) is 0 Å². The summed E-state index contributed by atoms with van der Waals surface area (Å²) in [5.41, 5.74) is 3.10. The predicted molar refractivity (Wildman–Crippen MR) is 106 cm³/mol. The first-order valence-electron chi connectivity index (χ1n) is 8.90. The minimum absolute atomic E-state index is 0.173. The number of hydrogen-bond acceptors (Lipinski definition) is 4. The van der Waals surface area contributed by atoms with E-state index in [-0.39, 0.29) is 6.03 Å². The zero-order chi connectivity index (χ0) is 18.6. The van der Waals surface area contributed by atoms with Gasteiger partial charge in [0, 0.05) is 37.8 Å². The van der Waals surface area contributed by atoms with Crippen molar-refractivity contribution in [1.82, 2.24) is 9.88 Å². The van der Waals surface area contributed by atoms with Gasteiger partial charge in [-0.2, -0.15) is 5.26 Å². The van der Waals surface area contributed by atoms with Gasteiger partial charge in [-0.1, -0.05) is 30.3 Å². The first kappa shape index (κ1) is 16.9. The minimum Gasteiger partial charge on any atom is -0.366 e. The number of anilines is 2. The third-order valence-corrected chi connectivity index (χ3v) is 4.81. The van der Waals surface area contributed by atoms with Gasteiger partial charge < -0.3 is 15.1 Å². The van der Waals surface area contributed by atoms with Crippen molar-refractivity contribution in [2.24, 2.45) is 0 Å². The first-order chi connectivity index (χ1) is 13.3.